The highest BCUT2D eigenvalue weighted by molar-refractivity contribution is 7.88. The summed E-state index contributed by atoms with van der Waals surface area (Å²) < 4.78 is 67.7. The van der Waals surface area contributed by atoms with Crippen molar-refractivity contribution in [3.05, 3.63) is 107 Å². The lowest BCUT2D eigenvalue weighted by molar-refractivity contribution is -0.613. The minimum absolute atomic E-state index is 0.125. The number of benzene rings is 2. The Bertz CT molecular complexity index is 3140. The van der Waals surface area contributed by atoms with E-state index in [1.807, 2.05) is 50.3 Å². The van der Waals surface area contributed by atoms with Crippen LogP contribution in [0.5, 0.6) is 11.8 Å². The Morgan fingerprint density at radius 3 is 1.69 bits per heavy atom. The van der Waals surface area contributed by atoms with Gasteiger partial charge in [-0.05, 0) is 149 Å². The van der Waals surface area contributed by atoms with Gasteiger partial charge in [0, 0.05) is 128 Å². The molecule has 0 saturated carbocycles. The van der Waals surface area contributed by atoms with Crippen LogP contribution < -0.4 is 39.8 Å². The number of pyridine rings is 3. The lowest BCUT2D eigenvalue weighted by Gasteiger charge is -2.29. The van der Waals surface area contributed by atoms with Crippen LogP contribution in [0.25, 0.3) is 22.3 Å². The smallest absolute Gasteiger partial charge is 0.413 e. The van der Waals surface area contributed by atoms with Crippen LogP contribution in [0, 0.1) is 13.8 Å². The summed E-state index contributed by atoms with van der Waals surface area (Å²) in [7, 11) is 5.56. The number of carbonyl (C=O) groups is 1. The molecule has 0 radical (unpaired) electrons. The first kappa shape index (κ1) is 58.3. The molecule has 4 N–H and O–H groups in total. The zero-order valence-electron chi connectivity index (χ0n) is 46.2. The zero-order valence-corrected chi connectivity index (χ0v) is 47.8. The highest BCUT2D eigenvalue weighted by Gasteiger charge is 2.27. The van der Waals surface area contributed by atoms with Gasteiger partial charge < -0.3 is 40.3 Å². The molecule has 22 heteroatoms. The maximum atomic E-state index is 12.7. The number of amides is 2. The topological polar surface area (TPSA) is 235 Å². The van der Waals surface area contributed by atoms with E-state index in [1.165, 1.54) is 69.3 Å². The van der Waals surface area contributed by atoms with E-state index in [1.54, 1.807) is 18.3 Å². The Morgan fingerprint density at radius 1 is 0.714 bits per heavy atom. The number of piperidine rings is 2. The van der Waals surface area contributed by atoms with Crippen LogP contribution in [-0.2, 0) is 46.1 Å². The second-order valence-corrected chi connectivity index (χ2v) is 24.4. The van der Waals surface area contributed by atoms with Crippen molar-refractivity contribution in [3.8, 4) is 34.0 Å². The first-order chi connectivity index (χ1) is 36.5. The molecular weight excluding hydrogens is 1020 g/mol. The maximum absolute atomic E-state index is 12.7. The largest absolute Gasteiger partial charge is 0.806 e. The van der Waals surface area contributed by atoms with Crippen LogP contribution in [0.15, 0.2) is 77.7 Å². The molecule has 9 rings (SSSR count). The minimum atomic E-state index is -3.91. The number of nitrogens with one attached hydrogen (secondary N) is 2. The van der Waals surface area contributed by atoms with Crippen molar-refractivity contribution >= 4 is 49.5 Å². The van der Waals surface area contributed by atoms with Crippen molar-refractivity contribution < 1.29 is 40.8 Å². The Balaban J connectivity index is 0.000000177. The average molecular weight is 1100 g/mol. The maximum Gasteiger partial charge on any atom is 0.413 e. The average Bonchev–Trinajstić information content (AvgIpc) is 4.08. The van der Waals surface area contributed by atoms with Gasteiger partial charge in [0.2, 0.25) is 11.8 Å². The first-order valence-electron chi connectivity index (χ1n) is 26.1. The van der Waals surface area contributed by atoms with Crippen LogP contribution in [0.2, 0.25) is 0 Å². The standard InChI is InChI=1S/C24H33N5O4S.C21H27N3O.C10H16N4O3S/c1-16-14-17-6-5-7-20(17)23(26-24(30)27-34(31,32)28(2)3)22(16)18-8-11-25-21(15-18)33-19-9-12-29(4)13-10-19;1-14-12-15-4-3-5-18(15)21(22)20(14)16-6-9-23-19(13-16)25-17-7-10-24(2)11-8-17;1-12(2)9-5-7-14(8-6-9)10(15)11-18(16,17)13(3)4/h8,11,14-15,19H,5-7,9-10,12-13H2,1-4H3,(H2,26,27,30);6,9,12-13,17H,3-5,7-8,10-11,22H2,1-2H3;5-8H,1-4H3. The summed E-state index contributed by atoms with van der Waals surface area (Å²) in [5, 5.41) is 14.5. The summed E-state index contributed by atoms with van der Waals surface area (Å²) in [5.41, 5.74) is 20.3. The number of carbonyl (C=O) groups excluding carboxylic acids is 1. The van der Waals surface area contributed by atoms with Crippen molar-refractivity contribution in [1.29, 1.82) is 0 Å². The first-order valence-corrected chi connectivity index (χ1v) is 28.9. The monoisotopic (exact) mass is 1100 g/mol. The highest BCUT2D eigenvalue weighted by Crippen LogP contribution is 2.42. The molecule has 2 aliphatic heterocycles. The van der Waals surface area contributed by atoms with E-state index in [9.17, 15) is 26.7 Å². The molecule has 2 aliphatic carbocycles. The highest BCUT2D eigenvalue weighted by atomic mass is 32.2. The molecule has 77 heavy (non-hydrogen) atoms. The van der Waals surface area contributed by atoms with Gasteiger partial charge in [0.15, 0.2) is 0 Å². The number of nitrogens with two attached hydrogens (primary N) is 1. The molecule has 4 aliphatic rings. The molecular formula is C55H76N12O8S2. The summed E-state index contributed by atoms with van der Waals surface area (Å²) in [6, 6.07) is 14.1. The Hall–Kier alpha value is -6.43. The van der Waals surface area contributed by atoms with E-state index in [0.29, 0.717) is 17.4 Å². The molecule has 2 saturated heterocycles. The number of ether oxygens (including phenoxy) is 2. The fourth-order valence-electron chi connectivity index (χ4n) is 9.94. The second kappa shape index (κ2) is 25.4. The molecule has 5 aromatic rings. The van der Waals surface area contributed by atoms with Gasteiger partial charge in [-0.1, -0.05) is 12.1 Å². The van der Waals surface area contributed by atoms with Crippen LogP contribution >= 0.6 is 0 Å². The summed E-state index contributed by atoms with van der Waals surface area (Å²) in [6.45, 7) is 8.32. The molecule has 2 fully saturated rings. The number of hydrogen-bond acceptors (Lipinski definition) is 14. The predicted molar refractivity (Wildman–Crippen MR) is 301 cm³/mol. The summed E-state index contributed by atoms with van der Waals surface area (Å²) >= 11 is 0. The summed E-state index contributed by atoms with van der Waals surface area (Å²) in [6.07, 6.45) is 17.1. The third-order valence-electron chi connectivity index (χ3n) is 14.3. The number of urea groups is 1. The molecule has 0 bridgehead atoms. The summed E-state index contributed by atoms with van der Waals surface area (Å²) in [5.74, 6) is 1.27. The fourth-order valence-corrected chi connectivity index (χ4v) is 10.9. The third kappa shape index (κ3) is 15.0. The number of nitrogen functional groups attached to an aromatic ring is 1. The quantitative estimate of drug-likeness (QED) is 0.0649. The molecule has 0 unspecified atom stereocenters. The second-order valence-electron chi connectivity index (χ2n) is 20.8. The molecule has 3 aromatic heterocycles. The number of aryl methyl sites for hydroxylation is 4. The molecule has 0 atom stereocenters. The van der Waals surface area contributed by atoms with Crippen LogP contribution in [0.4, 0.5) is 21.9 Å². The third-order valence-corrected chi connectivity index (χ3v) is 17.0. The number of nitrogens with zero attached hydrogens (tertiary/aromatic N) is 9. The van der Waals surface area contributed by atoms with E-state index in [-0.39, 0.29) is 12.2 Å². The van der Waals surface area contributed by atoms with Crippen LogP contribution in [0.3, 0.4) is 0 Å². The molecule has 2 amide bonds. The van der Waals surface area contributed by atoms with Gasteiger partial charge in [-0.25, -0.2) is 24.1 Å². The van der Waals surface area contributed by atoms with Crippen molar-refractivity contribution in [1.82, 2.24) is 33.1 Å². The van der Waals surface area contributed by atoms with Gasteiger partial charge in [0.1, 0.15) is 12.2 Å². The van der Waals surface area contributed by atoms with Crippen LogP contribution in [-0.4, -0.2) is 152 Å². The Labute approximate surface area is 455 Å². The van der Waals surface area contributed by atoms with Crippen molar-refractivity contribution in [2.75, 3.05) is 98.5 Å². The zero-order chi connectivity index (χ0) is 55.8. The van der Waals surface area contributed by atoms with E-state index in [0.717, 1.165) is 142 Å². The van der Waals surface area contributed by atoms with E-state index in [4.69, 9.17) is 15.2 Å². The number of fused-ring (bicyclic) bond motifs is 2. The van der Waals surface area contributed by atoms with Crippen LogP contribution in [0.1, 0.15) is 71.9 Å². The van der Waals surface area contributed by atoms with Gasteiger partial charge in [-0.15, -0.1) is 0 Å². The van der Waals surface area contributed by atoms with Crippen molar-refractivity contribution in [3.63, 3.8) is 0 Å². The molecule has 416 valence electrons. The fraction of sp³-hybridized carbons (Fsp3) is 0.473. The number of hydrogen-bond donors (Lipinski definition) is 3. The lowest BCUT2D eigenvalue weighted by Crippen LogP contribution is -2.51. The Kier molecular flexibility index (Phi) is 19.2. The number of likely N-dealkylation sites (tertiary alicyclic amines) is 2. The normalized spacial score (nSPS) is 16.4. The van der Waals surface area contributed by atoms with Gasteiger partial charge in [0.05, 0.1) is 22.5 Å². The predicted octanol–water partition coefficient (Wildman–Crippen LogP) is 4.96. The van der Waals surface area contributed by atoms with Crippen molar-refractivity contribution in [2.45, 2.75) is 90.3 Å². The van der Waals surface area contributed by atoms with Crippen molar-refractivity contribution in [2.24, 2.45) is 4.40 Å². The minimum Gasteiger partial charge on any atom is -0.806 e. The SMILES string of the molecule is CN(C)c1cc[n+](C([O-])=NS(=O)(=O)N(C)C)cc1.Cc1cc2c(c(N)c1-c1ccnc(OC3CCN(C)CC3)c1)CCC2.Cc1cc2c(c(NC(=O)NS(=O)(=O)N(C)C)c1-c1ccnc(OC3CCN(C)CC3)c1)CCC2. The Morgan fingerprint density at radius 2 is 1.19 bits per heavy atom. The molecule has 0 spiro atoms. The van der Waals surface area contributed by atoms with Gasteiger partial charge >= 0.3 is 26.4 Å². The number of aromatic nitrogens is 3. The molecule has 5 heterocycles. The molecule has 20 nitrogen and oxygen atoms in total. The number of anilines is 3. The molecule has 2 aromatic carbocycles. The number of rotatable bonds is 12. The van der Waals surface area contributed by atoms with Gasteiger partial charge in [0.25, 0.3) is 6.02 Å². The lowest BCUT2D eigenvalue weighted by atomic mass is 9.93. The van der Waals surface area contributed by atoms with E-state index in [2.05, 4.69) is 73.4 Å². The van der Waals surface area contributed by atoms with Gasteiger partial charge in [-0.2, -0.15) is 25.4 Å². The summed E-state index contributed by atoms with van der Waals surface area (Å²) in [4.78, 5) is 28.1. The van der Waals surface area contributed by atoms with E-state index >= 15 is 0 Å². The van der Waals surface area contributed by atoms with Gasteiger partial charge in [-0.3, -0.25) is 0 Å². The van der Waals surface area contributed by atoms with E-state index < -0.39 is 32.5 Å².